The fraction of sp³-hybridized carbons (Fsp3) is 0. The minimum absolute atomic E-state index is 0.610. The first-order valence-electron chi connectivity index (χ1n) is 3.03. The Morgan fingerprint density at radius 1 is 1.23 bits per heavy atom. The van der Waals surface area contributed by atoms with Gasteiger partial charge in [0.05, 0.1) is 0 Å². The summed E-state index contributed by atoms with van der Waals surface area (Å²) in [5.41, 5.74) is 17.1. The summed E-state index contributed by atoms with van der Waals surface area (Å²) in [5, 5.41) is 2.76. The van der Waals surface area contributed by atoms with Crippen molar-refractivity contribution in [2.24, 2.45) is 5.11 Å². The molecule has 1 rings (SSSR count). The van der Waals surface area contributed by atoms with Crippen LogP contribution in [-0.4, -0.2) is 4.98 Å². The summed E-state index contributed by atoms with van der Waals surface area (Å²) in [5.74, 6) is -3.66. The van der Waals surface area contributed by atoms with Crippen molar-refractivity contribution in [2.45, 2.75) is 0 Å². The third-order valence-electron chi connectivity index (χ3n) is 1.25. The van der Waals surface area contributed by atoms with Crippen LogP contribution in [0.4, 0.5) is 26.1 Å². The van der Waals surface area contributed by atoms with Crippen molar-refractivity contribution >= 4 is 17.3 Å². The molecule has 0 atom stereocenters. The summed E-state index contributed by atoms with van der Waals surface area (Å²) in [4.78, 5) is 5.35. The molecule has 1 aromatic rings. The smallest absolute Gasteiger partial charge is 0.177 e. The molecule has 0 aliphatic carbocycles. The van der Waals surface area contributed by atoms with Gasteiger partial charge >= 0.3 is 0 Å². The third kappa shape index (κ3) is 1.42. The summed E-state index contributed by atoms with van der Waals surface area (Å²) in [6.07, 6.45) is 0. The molecule has 0 aromatic carbocycles. The highest BCUT2D eigenvalue weighted by molar-refractivity contribution is 5.57. The number of hydrogen-bond donors (Lipinski definition) is 2. The average molecular weight is 186 g/mol. The molecular weight excluding hydrogens is 182 g/mol. The summed E-state index contributed by atoms with van der Waals surface area (Å²) >= 11 is 0. The maximum atomic E-state index is 12.9. The maximum absolute atomic E-state index is 12.9. The second-order valence-corrected chi connectivity index (χ2v) is 2.05. The molecule has 0 aliphatic heterocycles. The van der Waals surface area contributed by atoms with Crippen molar-refractivity contribution in [3.8, 4) is 0 Å². The lowest BCUT2D eigenvalue weighted by Crippen LogP contribution is -2.03. The number of pyridine rings is 1. The van der Waals surface area contributed by atoms with Gasteiger partial charge < -0.3 is 11.5 Å². The van der Waals surface area contributed by atoms with E-state index in [9.17, 15) is 8.78 Å². The first-order valence-corrected chi connectivity index (χ1v) is 3.03. The van der Waals surface area contributed by atoms with Crippen LogP contribution < -0.4 is 11.5 Å². The van der Waals surface area contributed by atoms with Gasteiger partial charge in [-0.3, -0.25) is 0 Å². The van der Waals surface area contributed by atoms with E-state index in [0.29, 0.717) is 0 Å². The Balaban J connectivity index is 3.55. The molecule has 0 unspecified atom stereocenters. The Morgan fingerprint density at radius 3 is 2.08 bits per heavy atom. The van der Waals surface area contributed by atoms with E-state index in [1.165, 1.54) is 0 Å². The van der Waals surface area contributed by atoms with Gasteiger partial charge in [-0.15, -0.1) is 0 Å². The topological polar surface area (TPSA) is 114 Å². The van der Waals surface area contributed by atoms with Crippen LogP contribution in [0.15, 0.2) is 5.11 Å². The summed E-state index contributed by atoms with van der Waals surface area (Å²) in [7, 11) is 0. The standard InChI is InChI=1S/C5H4F2N6/c6-1-3(12-13-10)2(7)5(9)11-4(1)8/h(H4,8,9,11). The number of aromatic nitrogens is 1. The van der Waals surface area contributed by atoms with Gasteiger partial charge in [-0.2, -0.15) is 0 Å². The molecule has 6 nitrogen and oxygen atoms in total. The van der Waals surface area contributed by atoms with Crippen LogP contribution in [0.5, 0.6) is 0 Å². The Kier molecular flexibility index (Phi) is 2.16. The largest absolute Gasteiger partial charge is 0.381 e. The van der Waals surface area contributed by atoms with Crippen LogP contribution in [-0.2, 0) is 0 Å². The van der Waals surface area contributed by atoms with E-state index in [2.05, 4.69) is 15.0 Å². The molecule has 13 heavy (non-hydrogen) atoms. The van der Waals surface area contributed by atoms with E-state index in [1.807, 2.05) is 0 Å². The first kappa shape index (κ1) is 9.01. The van der Waals surface area contributed by atoms with Gasteiger partial charge in [0.15, 0.2) is 23.3 Å². The van der Waals surface area contributed by atoms with Gasteiger partial charge in [-0.05, 0) is 5.53 Å². The molecule has 68 valence electrons. The molecule has 0 amide bonds. The van der Waals surface area contributed by atoms with E-state index in [0.717, 1.165) is 0 Å². The Bertz CT molecular complexity index is 370. The van der Waals surface area contributed by atoms with Crippen LogP contribution in [0.1, 0.15) is 0 Å². The highest BCUT2D eigenvalue weighted by atomic mass is 19.1. The Morgan fingerprint density at radius 2 is 1.69 bits per heavy atom. The highest BCUT2D eigenvalue weighted by Crippen LogP contribution is 2.28. The minimum atomic E-state index is -1.22. The number of nitrogens with zero attached hydrogens (tertiary/aromatic N) is 4. The number of rotatable bonds is 1. The number of azide groups is 1. The zero-order valence-electron chi connectivity index (χ0n) is 6.20. The van der Waals surface area contributed by atoms with Crippen LogP contribution >= 0.6 is 0 Å². The van der Waals surface area contributed by atoms with Gasteiger partial charge in [0.2, 0.25) is 0 Å². The lowest BCUT2D eigenvalue weighted by atomic mass is 10.3. The van der Waals surface area contributed by atoms with Gasteiger partial charge in [-0.1, -0.05) is 5.11 Å². The zero-order chi connectivity index (χ0) is 10.0. The Labute approximate surface area is 70.8 Å². The Hall–Kier alpha value is -2.08. The molecule has 0 saturated carbocycles. The van der Waals surface area contributed by atoms with Crippen LogP contribution in [0.2, 0.25) is 0 Å². The number of halogens is 2. The quantitative estimate of drug-likeness (QED) is 0.393. The fourth-order valence-corrected chi connectivity index (χ4v) is 0.699. The fourth-order valence-electron chi connectivity index (χ4n) is 0.699. The highest BCUT2D eigenvalue weighted by Gasteiger charge is 2.15. The molecule has 1 heterocycles. The molecule has 0 spiro atoms. The second-order valence-electron chi connectivity index (χ2n) is 2.05. The van der Waals surface area contributed by atoms with Gasteiger partial charge in [0.25, 0.3) is 0 Å². The third-order valence-corrected chi connectivity index (χ3v) is 1.25. The maximum Gasteiger partial charge on any atom is 0.177 e. The van der Waals surface area contributed by atoms with Gasteiger partial charge in [0.1, 0.15) is 5.69 Å². The first-order chi connectivity index (χ1) is 6.07. The molecule has 0 saturated heterocycles. The van der Waals surface area contributed by atoms with Gasteiger partial charge in [0, 0.05) is 4.91 Å². The number of hydrogen-bond acceptors (Lipinski definition) is 4. The van der Waals surface area contributed by atoms with E-state index in [-0.39, 0.29) is 0 Å². The van der Waals surface area contributed by atoms with E-state index >= 15 is 0 Å². The molecule has 0 radical (unpaired) electrons. The minimum Gasteiger partial charge on any atom is -0.381 e. The normalized spacial score (nSPS) is 9.38. The predicted molar refractivity (Wildman–Crippen MR) is 41.8 cm³/mol. The molecule has 8 heteroatoms. The van der Waals surface area contributed by atoms with Crippen LogP contribution in [0, 0.1) is 11.6 Å². The molecule has 0 aliphatic rings. The molecular formula is C5H4F2N6. The summed E-state index contributed by atoms with van der Waals surface area (Å²) in [6, 6.07) is 0. The van der Waals surface area contributed by atoms with Crippen LogP contribution in [0.3, 0.4) is 0 Å². The van der Waals surface area contributed by atoms with E-state index in [4.69, 9.17) is 17.0 Å². The number of anilines is 2. The van der Waals surface area contributed by atoms with Crippen molar-refractivity contribution in [1.82, 2.24) is 4.98 Å². The molecule has 4 N–H and O–H groups in total. The van der Waals surface area contributed by atoms with Gasteiger partial charge in [-0.25, -0.2) is 13.8 Å². The lowest BCUT2D eigenvalue weighted by molar-refractivity contribution is 0.585. The summed E-state index contributed by atoms with van der Waals surface area (Å²) < 4.78 is 25.8. The predicted octanol–water partition coefficient (Wildman–Crippen LogP) is 1.47. The zero-order valence-corrected chi connectivity index (χ0v) is 6.20. The number of nitrogens with two attached hydrogens (primary N) is 2. The van der Waals surface area contributed by atoms with Crippen LogP contribution in [0.25, 0.3) is 10.4 Å². The van der Waals surface area contributed by atoms with Crippen molar-refractivity contribution in [2.75, 3.05) is 11.5 Å². The number of nitrogen functional groups attached to an aromatic ring is 2. The van der Waals surface area contributed by atoms with Crippen molar-refractivity contribution in [3.63, 3.8) is 0 Å². The summed E-state index contributed by atoms with van der Waals surface area (Å²) in [6.45, 7) is 0. The molecule has 1 aromatic heterocycles. The molecule has 0 bridgehead atoms. The van der Waals surface area contributed by atoms with E-state index < -0.39 is 29.0 Å². The second kappa shape index (κ2) is 3.11. The SMILES string of the molecule is [N-]=[N+]=Nc1c(F)c(N)nc(N)c1F. The molecule has 0 fully saturated rings. The van der Waals surface area contributed by atoms with Crippen molar-refractivity contribution in [1.29, 1.82) is 0 Å². The van der Waals surface area contributed by atoms with Crippen molar-refractivity contribution in [3.05, 3.63) is 22.1 Å². The van der Waals surface area contributed by atoms with E-state index in [1.54, 1.807) is 0 Å². The lowest BCUT2D eigenvalue weighted by Gasteiger charge is -2.02. The monoisotopic (exact) mass is 186 g/mol. The van der Waals surface area contributed by atoms with Crippen molar-refractivity contribution < 1.29 is 8.78 Å². The average Bonchev–Trinajstić information content (AvgIpc) is 2.09.